The molecule has 0 radical (unpaired) electrons. The maximum Gasteiger partial charge on any atom is 0.211 e. The average Bonchev–Trinajstić information content (AvgIpc) is 2.26. The summed E-state index contributed by atoms with van der Waals surface area (Å²) in [4.78, 5) is 21.4. The number of nitro groups is 1. The van der Waals surface area contributed by atoms with Crippen LogP contribution in [0.5, 0.6) is 0 Å². The molecule has 0 aliphatic carbocycles. The zero-order chi connectivity index (χ0) is 13.1. The molecule has 0 aliphatic heterocycles. The highest BCUT2D eigenvalue weighted by atomic mass is 79.9. The Morgan fingerprint density at radius 2 is 2.06 bits per heavy atom. The second-order valence-electron chi connectivity index (χ2n) is 4.53. The van der Waals surface area contributed by atoms with E-state index in [4.69, 9.17) is 0 Å². The molecule has 0 fully saturated rings. The van der Waals surface area contributed by atoms with Gasteiger partial charge < -0.3 is 4.79 Å². The minimum absolute atomic E-state index is 0.256. The van der Waals surface area contributed by atoms with Gasteiger partial charge in [-0.15, -0.1) is 0 Å². The summed E-state index contributed by atoms with van der Waals surface area (Å²) in [5.41, 5.74) is 0.0259. The van der Waals surface area contributed by atoms with Gasteiger partial charge in [0.2, 0.25) is 6.54 Å². The van der Waals surface area contributed by atoms with Gasteiger partial charge in [-0.3, -0.25) is 10.1 Å². The van der Waals surface area contributed by atoms with Gasteiger partial charge in [-0.25, -0.2) is 0 Å². The van der Waals surface area contributed by atoms with Crippen LogP contribution in [0.25, 0.3) is 0 Å². The zero-order valence-corrected chi connectivity index (χ0v) is 11.3. The highest BCUT2D eigenvalue weighted by Gasteiger charge is 2.35. The molecule has 1 rings (SSSR count). The molecule has 0 amide bonds. The molecule has 0 aromatic heterocycles. The number of rotatable bonds is 5. The van der Waals surface area contributed by atoms with Crippen molar-refractivity contribution in [3.8, 4) is 0 Å². The summed E-state index contributed by atoms with van der Waals surface area (Å²) in [5.74, 6) is -0.439. The van der Waals surface area contributed by atoms with Crippen molar-refractivity contribution in [3.05, 3.63) is 44.4 Å². The minimum atomic E-state index is -0.767. The fourth-order valence-electron chi connectivity index (χ4n) is 1.72. The number of hydrogen-bond donors (Lipinski definition) is 0. The molecule has 1 atom stereocenters. The average molecular weight is 300 g/mol. The van der Waals surface area contributed by atoms with Crippen molar-refractivity contribution in [2.24, 2.45) is 5.41 Å². The van der Waals surface area contributed by atoms with Crippen LogP contribution < -0.4 is 0 Å². The Bertz CT molecular complexity index is 432. The quantitative estimate of drug-likeness (QED) is 0.477. The second-order valence-corrected chi connectivity index (χ2v) is 5.38. The van der Waals surface area contributed by atoms with E-state index in [0.717, 1.165) is 16.3 Å². The molecule has 4 nitrogen and oxygen atoms in total. The molecular weight excluding hydrogens is 286 g/mol. The Labute approximate surface area is 108 Å². The van der Waals surface area contributed by atoms with E-state index < -0.39 is 11.3 Å². The lowest BCUT2D eigenvalue weighted by molar-refractivity contribution is -0.485. The van der Waals surface area contributed by atoms with Gasteiger partial charge in [0.05, 0.1) is 5.92 Å². The second kappa shape index (κ2) is 5.40. The molecule has 0 saturated carbocycles. The van der Waals surface area contributed by atoms with Crippen LogP contribution in [0.15, 0.2) is 28.7 Å². The molecule has 0 heterocycles. The van der Waals surface area contributed by atoms with Crippen LogP contribution in [0.1, 0.15) is 25.3 Å². The minimum Gasteiger partial charge on any atom is -0.303 e. The third kappa shape index (κ3) is 3.36. The predicted molar refractivity (Wildman–Crippen MR) is 68.6 cm³/mol. The van der Waals surface area contributed by atoms with Gasteiger partial charge in [0, 0.05) is 14.8 Å². The Kier molecular flexibility index (Phi) is 4.40. The number of nitrogens with zero attached hydrogens (tertiary/aromatic N) is 1. The molecule has 17 heavy (non-hydrogen) atoms. The van der Waals surface area contributed by atoms with Gasteiger partial charge >= 0.3 is 0 Å². The number of hydrogen-bond acceptors (Lipinski definition) is 3. The maximum absolute atomic E-state index is 11.1. The number of benzene rings is 1. The molecule has 0 aliphatic rings. The molecule has 0 N–H and O–H groups in total. The predicted octanol–water partition coefficient (Wildman–Crippen LogP) is 3.03. The Balaban J connectivity index is 3.20. The van der Waals surface area contributed by atoms with Crippen LogP contribution in [0.4, 0.5) is 0 Å². The van der Waals surface area contributed by atoms with E-state index in [9.17, 15) is 14.9 Å². The molecule has 92 valence electrons. The maximum atomic E-state index is 11.1. The number of aldehydes is 1. The highest BCUT2D eigenvalue weighted by Crippen LogP contribution is 2.37. The van der Waals surface area contributed by atoms with E-state index in [1.807, 2.05) is 24.3 Å². The molecule has 0 unspecified atom stereocenters. The summed E-state index contributed by atoms with van der Waals surface area (Å²) >= 11 is 3.37. The Morgan fingerprint density at radius 1 is 1.47 bits per heavy atom. The Hall–Kier alpha value is -1.23. The summed E-state index contributed by atoms with van der Waals surface area (Å²) < 4.78 is 0.793. The lowest BCUT2D eigenvalue weighted by Gasteiger charge is -2.27. The lowest BCUT2D eigenvalue weighted by Crippen LogP contribution is -2.29. The van der Waals surface area contributed by atoms with Crippen LogP contribution in [0.3, 0.4) is 0 Å². The summed E-state index contributed by atoms with van der Waals surface area (Å²) in [5, 5.41) is 10.7. The van der Waals surface area contributed by atoms with Gasteiger partial charge in [0.15, 0.2) is 0 Å². The molecular formula is C12H14BrNO3. The van der Waals surface area contributed by atoms with E-state index >= 15 is 0 Å². The van der Waals surface area contributed by atoms with Gasteiger partial charge in [-0.2, -0.15) is 0 Å². The standard InChI is InChI=1S/C12H14BrNO3/c1-12(2,8-15)10(7-14(16)17)9-5-3-4-6-11(9)13/h3-6,8,10H,7H2,1-2H3/t10-/m1/s1. The van der Waals surface area contributed by atoms with Crippen LogP contribution in [0, 0.1) is 15.5 Å². The number of carbonyl (C=O) groups excluding carboxylic acids is 1. The molecule has 0 bridgehead atoms. The third-order valence-corrected chi connectivity index (χ3v) is 3.54. The smallest absolute Gasteiger partial charge is 0.211 e. The first kappa shape index (κ1) is 13.8. The molecule has 0 spiro atoms. The largest absolute Gasteiger partial charge is 0.303 e. The SMILES string of the molecule is CC(C)(C=O)[C@H](C[N+](=O)[O-])c1ccccc1Br. The van der Waals surface area contributed by atoms with Crippen LogP contribution in [-0.2, 0) is 4.79 Å². The Morgan fingerprint density at radius 3 is 2.53 bits per heavy atom. The monoisotopic (exact) mass is 299 g/mol. The first-order valence-electron chi connectivity index (χ1n) is 5.21. The van der Waals surface area contributed by atoms with Gasteiger partial charge in [-0.05, 0) is 11.6 Å². The summed E-state index contributed by atoms with van der Waals surface area (Å²) in [6, 6.07) is 7.28. The van der Waals surface area contributed by atoms with Crippen molar-refractivity contribution < 1.29 is 9.72 Å². The van der Waals surface area contributed by atoms with E-state index in [1.54, 1.807) is 13.8 Å². The normalized spacial score (nSPS) is 13.1. The van der Waals surface area contributed by atoms with Gasteiger partial charge in [0.1, 0.15) is 6.29 Å². The van der Waals surface area contributed by atoms with E-state index in [-0.39, 0.29) is 11.5 Å². The topological polar surface area (TPSA) is 60.2 Å². The first-order chi connectivity index (χ1) is 7.88. The fourth-order valence-corrected chi connectivity index (χ4v) is 2.28. The van der Waals surface area contributed by atoms with Crippen molar-refractivity contribution in [2.75, 3.05) is 6.54 Å². The van der Waals surface area contributed by atoms with Gasteiger partial charge in [0.25, 0.3) is 0 Å². The third-order valence-electron chi connectivity index (χ3n) is 2.81. The first-order valence-corrected chi connectivity index (χ1v) is 6.00. The number of halogens is 1. The van der Waals surface area contributed by atoms with E-state index in [2.05, 4.69) is 15.9 Å². The molecule has 1 aromatic carbocycles. The zero-order valence-electron chi connectivity index (χ0n) is 9.72. The number of carbonyl (C=O) groups is 1. The lowest BCUT2D eigenvalue weighted by atomic mass is 9.76. The fraction of sp³-hybridized carbons (Fsp3) is 0.417. The van der Waals surface area contributed by atoms with Crippen molar-refractivity contribution in [3.63, 3.8) is 0 Å². The summed E-state index contributed by atoms with van der Waals surface area (Å²) in [6.07, 6.45) is 0.778. The van der Waals surface area contributed by atoms with Gasteiger partial charge in [-0.1, -0.05) is 48.0 Å². The van der Waals surface area contributed by atoms with Crippen molar-refractivity contribution >= 4 is 22.2 Å². The van der Waals surface area contributed by atoms with Crippen molar-refractivity contribution in [1.82, 2.24) is 0 Å². The molecule has 1 aromatic rings. The highest BCUT2D eigenvalue weighted by molar-refractivity contribution is 9.10. The van der Waals surface area contributed by atoms with E-state index in [1.165, 1.54) is 0 Å². The van der Waals surface area contributed by atoms with E-state index in [0.29, 0.717) is 0 Å². The van der Waals surface area contributed by atoms with Crippen LogP contribution in [-0.4, -0.2) is 17.8 Å². The molecule has 5 heteroatoms. The molecule has 0 saturated heterocycles. The van der Waals surface area contributed by atoms with Crippen molar-refractivity contribution in [2.45, 2.75) is 19.8 Å². The van der Waals surface area contributed by atoms with Crippen LogP contribution in [0.2, 0.25) is 0 Å². The van der Waals surface area contributed by atoms with Crippen molar-refractivity contribution in [1.29, 1.82) is 0 Å². The summed E-state index contributed by atoms with van der Waals surface area (Å²) in [6.45, 7) is 3.18. The summed E-state index contributed by atoms with van der Waals surface area (Å²) in [7, 11) is 0. The van der Waals surface area contributed by atoms with Crippen LogP contribution >= 0.6 is 15.9 Å².